The molecular formula is C19H21Cl2FN2O3S. The van der Waals surface area contributed by atoms with Crippen LogP contribution in [0.4, 0.5) is 4.39 Å². The first-order valence-electron chi connectivity index (χ1n) is 8.51. The summed E-state index contributed by atoms with van der Waals surface area (Å²) in [6.07, 6.45) is 0. The summed E-state index contributed by atoms with van der Waals surface area (Å²) >= 11 is 12.9. The van der Waals surface area contributed by atoms with Crippen molar-refractivity contribution in [3.8, 4) is 0 Å². The first kappa shape index (κ1) is 22.6. The van der Waals surface area contributed by atoms with Crippen LogP contribution in [0.2, 0.25) is 0 Å². The van der Waals surface area contributed by atoms with Gasteiger partial charge in [-0.05, 0) is 29.1 Å². The minimum Gasteiger partial charge on any atom is -0.383 e. The van der Waals surface area contributed by atoms with Gasteiger partial charge in [-0.1, -0.05) is 41.4 Å². The lowest BCUT2D eigenvalue weighted by Crippen LogP contribution is -2.45. The number of halogens is 3. The van der Waals surface area contributed by atoms with E-state index in [0.29, 0.717) is 6.54 Å². The second-order valence-corrected chi connectivity index (χ2v) is 8.14. The Balaban J connectivity index is 2.15. The Morgan fingerprint density at radius 2 is 1.86 bits per heavy atom. The van der Waals surface area contributed by atoms with E-state index in [0.717, 1.165) is 10.4 Å². The van der Waals surface area contributed by atoms with Crippen LogP contribution in [0, 0.1) is 5.82 Å². The van der Waals surface area contributed by atoms with Crippen LogP contribution in [0.5, 0.6) is 0 Å². The summed E-state index contributed by atoms with van der Waals surface area (Å²) in [5.41, 5.74) is 0.786. The summed E-state index contributed by atoms with van der Waals surface area (Å²) in [6, 6.07) is 9.79. The molecule has 0 fully saturated rings. The summed E-state index contributed by atoms with van der Waals surface area (Å²) in [5.74, 6) is -1.16. The Morgan fingerprint density at radius 1 is 1.14 bits per heavy atom. The van der Waals surface area contributed by atoms with E-state index in [-0.39, 0.29) is 38.0 Å². The van der Waals surface area contributed by atoms with E-state index in [4.69, 9.17) is 27.9 Å². The molecule has 0 saturated carbocycles. The highest BCUT2D eigenvalue weighted by Gasteiger charge is 2.25. The minimum absolute atomic E-state index is 0.176. The van der Waals surface area contributed by atoms with Gasteiger partial charge < -0.3 is 14.5 Å². The van der Waals surface area contributed by atoms with Gasteiger partial charge in [-0.3, -0.25) is 9.59 Å². The summed E-state index contributed by atoms with van der Waals surface area (Å²) in [4.78, 5) is 27.8. The number of hydrogen-bond donors (Lipinski definition) is 0. The average molecular weight is 447 g/mol. The highest BCUT2D eigenvalue weighted by molar-refractivity contribution is 7.09. The van der Waals surface area contributed by atoms with E-state index < -0.39 is 10.7 Å². The fraction of sp³-hybridized carbons (Fsp3) is 0.368. The first-order valence-corrected chi connectivity index (χ1v) is 10.3. The number of nitrogens with zero attached hydrogens (tertiary/aromatic N) is 2. The molecule has 0 bridgehead atoms. The van der Waals surface area contributed by atoms with Crippen LogP contribution in [0.25, 0.3) is 0 Å². The molecule has 2 amide bonds. The summed E-state index contributed by atoms with van der Waals surface area (Å²) < 4.78 is 18.2. The maximum absolute atomic E-state index is 13.2. The van der Waals surface area contributed by atoms with Crippen molar-refractivity contribution in [2.24, 2.45) is 0 Å². The van der Waals surface area contributed by atoms with Crippen LogP contribution in [-0.4, -0.2) is 53.3 Å². The van der Waals surface area contributed by atoms with E-state index >= 15 is 0 Å². The van der Waals surface area contributed by atoms with Crippen LogP contribution in [0.15, 0.2) is 41.8 Å². The predicted molar refractivity (Wildman–Crippen MR) is 109 cm³/mol. The van der Waals surface area contributed by atoms with E-state index in [1.54, 1.807) is 17.0 Å². The van der Waals surface area contributed by atoms with Crippen molar-refractivity contribution >= 4 is 46.4 Å². The van der Waals surface area contributed by atoms with Crippen molar-refractivity contribution in [2.45, 2.75) is 17.9 Å². The molecule has 0 aliphatic rings. The topological polar surface area (TPSA) is 49.9 Å². The van der Waals surface area contributed by atoms with Gasteiger partial charge in [-0.15, -0.1) is 11.3 Å². The Bertz CT molecular complexity index is 757. The van der Waals surface area contributed by atoms with Crippen LogP contribution in [-0.2, 0) is 27.4 Å². The second-order valence-electron chi connectivity index (χ2n) is 6.01. The summed E-state index contributed by atoms with van der Waals surface area (Å²) in [5, 5.41) is 1.93. The molecule has 9 heteroatoms. The van der Waals surface area contributed by atoms with Crippen molar-refractivity contribution in [1.82, 2.24) is 9.80 Å². The normalized spacial score (nSPS) is 10.9. The fourth-order valence-corrected chi connectivity index (χ4v) is 3.50. The Morgan fingerprint density at radius 3 is 2.43 bits per heavy atom. The molecule has 0 radical (unpaired) electrons. The molecule has 0 atom stereocenters. The van der Waals surface area contributed by atoms with Crippen molar-refractivity contribution in [1.29, 1.82) is 0 Å². The average Bonchev–Trinajstić information content (AvgIpc) is 3.18. The largest absolute Gasteiger partial charge is 0.383 e. The number of carbonyl (C=O) groups is 2. The van der Waals surface area contributed by atoms with Crippen LogP contribution in [0.1, 0.15) is 10.4 Å². The third kappa shape index (κ3) is 7.05. The lowest BCUT2D eigenvalue weighted by Gasteiger charge is -2.28. The van der Waals surface area contributed by atoms with Gasteiger partial charge in [-0.25, -0.2) is 4.39 Å². The number of alkyl halides is 2. The van der Waals surface area contributed by atoms with E-state index in [9.17, 15) is 14.0 Å². The maximum Gasteiger partial charge on any atom is 0.256 e. The molecule has 0 spiro atoms. The molecular weight excluding hydrogens is 426 g/mol. The van der Waals surface area contributed by atoms with Gasteiger partial charge in [0.05, 0.1) is 19.7 Å². The molecule has 2 aromatic rings. The van der Waals surface area contributed by atoms with Gasteiger partial charge in [-0.2, -0.15) is 0 Å². The Hall–Kier alpha value is -1.67. The molecule has 2 rings (SSSR count). The molecule has 152 valence electrons. The van der Waals surface area contributed by atoms with Crippen LogP contribution in [0.3, 0.4) is 0 Å². The molecule has 0 unspecified atom stereocenters. The number of rotatable bonds is 10. The molecule has 0 aliphatic carbocycles. The third-order valence-electron chi connectivity index (χ3n) is 3.96. The molecule has 28 heavy (non-hydrogen) atoms. The monoisotopic (exact) mass is 446 g/mol. The van der Waals surface area contributed by atoms with Gasteiger partial charge in [0.2, 0.25) is 5.91 Å². The minimum atomic E-state index is -1.26. The number of thiophene rings is 1. The molecule has 0 N–H and O–H groups in total. The summed E-state index contributed by atoms with van der Waals surface area (Å²) in [7, 11) is 1.50. The number of hydrogen-bond acceptors (Lipinski definition) is 4. The van der Waals surface area contributed by atoms with Gasteiger partial charge in [0.1, 0.15) is 5.82 Å². The highest BCUT2D eigenvalue weighted by Crippen LogP contribution is 2.16. The molecule has 1 aromatic heterocycles. The van der Waals surface area contributed by atoms with Crippen LogP contribution < -0.4 is 0 Å². The number of methoxy groups -OCH3 is 1. The van der Waals surface area contributed by atoms with Gasteiger partial charge >= 0.3 is 0 Å². The van der Waals surface area contributed by atoms with Gasteiger partial charge in [0, 0.05) is 25.1 Å². The van der Waals surface area contributed by atoms with Gasteiger partial charge in [0.15, 0.2) is 4.84 Å². The molecule has 1 aromatic carbocycles. The fourth-order valence-electron chi connectivity index (χ4n) is 2.50. The van der Waals surface area contributed by atoms with Crippen LogP contribution >= 0.6 is 34.5 Å². The lowest BCUT2D eigenvalue weighted by atomic mass is 10.2. The molecule has 5 nitrogen and oxygen atoms in total. The molecule has 1 heterocycles. The number of ether oxygens (including phenoxy) is 1. The lowest BCUT2D eigenvalue weighted by molar-refractivity contribution is -0.140. The third-order valence-corrected chi connectivity index (χ3v) is 5.19. The van der Waals surface area contributed by atoms with Crippen molar-refractivity contribution in [3.05, 3.63) is 58.0 Å². The maximum atomic E-state index is 13.2. The quantitative estimate of drug-likeness (QED) is 0.522. The van der Waals surface area contributed by atoms with Gasteiger partial charge in [0.25, 0.3) is 5.91 Å². The zero-order valence-corrected chi connectivity index (χ0v) is 17.6. The smallest absolute Gasteiger partial charge is 0.256 e. The SMILES string of the molecule is COCCN(CC(=O)N(Cc1ccc(F)cc1)Cc1cccs1)C(=O)C(Cl)Cl. The number of amides is 2. The Kier molecular flexibility index (Phi) is 9.18. The number of carbonyl (C=O) groups excluding carboxylic acids is 2. The van der Waals surface area contributed by atoms with E-state index in [1.165, 1.54) is 35.5 Å². The number of benzene rings is 1. The zero-order valence-electron chi connectivity index (χ0n) is 15.3. The summed E-state index contributed by atoms with van der Waals surface area (Å²) in [6.45, 7) is 0.938. The Labute approximate surface area is 177 Å². The van der Waals surface area contributed by atoms with E-state index in [2.05, 4.69) is 0 Å². The zero-order chi connectivity index (χ0) is 20.5. The molecule has 0 aliphatic heterocycles. The molecule has 0 saturated heterocycles. The second kappa shape index (κ2) is 11.4. The van der Waals surface area contributed by atoms with E-state index in [1.807, 2.05) is 17.5 Å². The highest BCUT2D eigenvalue weighted by atomic mass is 35.5. The van der Waals surface area contributed by atoms with Crippen molar-refractivity contribution in [2.75, 3.05) is 26.8 Å². The van der Waals surface area contributed by atoms with Crippen molar-refractivity contribution in [3.63, 3.8) is 0 Å². The van der Waals surface area contributed by atoms with Crippen molar-refractivity contribution < 1.29 is 18.7 Å². The first-order chi connectivity index (χ1) is 13.4. The standard InChI is InChI=1S/C19H21Cl2FN2O3S/c1-27-9-8-23(19(26)18(20)21)13-17(25)24(12-16-3-2-10-28-16)11-14-4-6-15(22)7-5-14/h2-7,10,18H,8-9,11-13H2,1H3. The predicted octanol–water partition coefficient (Wildman–Crippen LogP) is 3.69.